The van der Waals surface area contributed by atoms with Crippen molar-refractivity contribution in [1.82, 2.24) is 19.5 Å². The molecular weight excluding hydrogens is 208 g/mol. The van der Waals surface area contributed by atoms with Gasteiger partial charge in [0.15, 0.2) is 5.82 Å². The van der Waals surface area contributed by atoms with Crippen LogP contribution in [0.1, 0.15) is 5.82 Å². The third kappa shape index (κ3) is 3.40. The standard InChI is InChI=1S/C6H12N4O3S/c1-10-5-7-6(9-10)4-8-14(12,13)3-2-11/h5,8,11H,2-4H2,1H3. The largest absolute Gasteiger partial charge is 0.395 e. The fourth-order valence-corrected chi connectivity index (χ4v) is 1.57. The van der Waals surface area contributed by atoms with Crippen molar-refractivity contribution in [2.75, 3.05) is 12.4 Å². The summed E-state index contributed by atoms with van der Waals surface area (Å²) < 4.78 is 25.9. The van der Waals surface area contributed by atoms with Crippen molar-refractivity contribution in [3.63, 3.8) is 0 Å². The first kappa shape index (κ1) is 11.1. The average Bonchev–Trinajstić information content (AvgIpc) is 2.48. The molecule has 14 heavy (non-hydrogen) atoms. The van der Waals surface area contributed by atoms with E-state index in [0.717, 1.165) is 0 Å². The van der Waals surface area contributed by atoms with E-state index in [1.165, 1.54) is 11.0 Å². The average molecular weight is 220 g/mol. The molecule has 1 aromatic heterocycles. The lowest BCUT2D eigenvalue weighted by molar-refractivity contribution is 0.319. The normalized spacial score (nSPS) is 11.9. The Hall–Kier alpha value is -0.990. The van der Waals surface area contributed by atoms with E-state index in [9.17, 15) is 8.42 Å². The number of aromatic nitrogens is 3. The minimum Gasteiger partial charge on any atom is -0.395 e. The lowest BCUT2D eigenvalue weighted by Gasteiger charge is -2.01. The van der Waals surface area contributed by atoms with E-state index in [1.807, 2.05) is 0 Å². The highest BCUT2D eigenvalue weighted by molar-refractivity contribution is 7.89. The molecule has 0 aliphatic carbocycles. The third-order valence-electron chi connectivity index (χ3n) is 1.46. The summed E-state index contributed by atoms with van der Waals surface area (Å²) >= 11 is 0. The minimum absolute atomic E-state index is 0.0448. The molecule has 2 N–H and O–H groups in total. The Bertz CT molecular complexity index is 386. The minimum atomic E-state index is -3.41. The van der Waals surface area contributed by atoms with Gasteiger partial charge in [-0.2, -0.15) is 5.10 Å². The second kappa shape index (κ2) is 4.49. The Morgan fingerprint density at radius 2 is 2.36 bits per heavy atom. The monoisotopic (exact) mass is 220 g/mol. The molecule has 0 atom stereocenters. The molecule has 0 bridgehead atoms. The van der Waals surface area contributed by atoms with Gasteiger partial charge in [-0.25, -0.2) is 18.1 Å². The summed E-state index contributed by atoms with van der Waals surface area (Å²) in [5.74, 6) is 0.0915. The first-order chi connectivity index (χ1) is 6.53. The van der Waals surface area contributed by atoms with E-state index < -0.39 is 16.6 Å². The number of hydrogen-bond donors (Lipinski definition) is 2. The Morgan fingerprint density at radius 1 is 1.64 bits per heavy atom. The highest BCUT2D eigenvalue weighted by Crippen LogP contribution is 1.90. The molecule has 0 saturated carbocycles. The lowest BCUT2D eigenvalue weighted by Crippen LogP contribution is -2.27. The molecule has 1 rings (SSSR count). The molecule has 80 valence electrons. The Morgan fingerprint density at radius 3 is 2.86 bits per heavy atom. The highest BCUT2D eigenvalue weighted by Gasteiger charge is 2.09. The molecule has 0 saturated heterocycles. The maximum absolute atomic E-state index is 11.1. The molecule has 0 spiro atoms. The number of nitrogens with one attached hydrogen (secondary N) is 1. The van der Waals surface area contributed by atoms with Crippen LogP contribution in [-0.4, -0.2) is 40.6 Å². The van der Waals surface area contributed by atoms with Crippen LogP contribution in [0.3, 0.4) is 0 Å². The molecule has 0 amide bonds. The Balaban J connectivity index is 2.48. The van der Waals surface area contributed by atoms with Gasteiger partial charge in [0, 0.05) is 7.05 Å². The molecule has 1 heterocycles. The summed E-state index contributed by atoms with van der Waals surface area (Å²) in [5, 5.41) is 12.3. The second-order valence-corrected chi connectivity index (χ2v) is 4.62. The van der Waals surface area contributed by atoms with Crippen molar-refractivity contribution in [1.29, 1.82) is 0 Å². The zero-order chi connectivity index (χ0) is 10.6. The summed E-state index contributed by atoms with van der Waals surface area (Å²) in [6.45, 7) is -0.353. The van der Waals surface area contributed by atoms with Crippen LogP contribution in [0.25, 0.3) is 0 Å². The Kier molecular flexibility index (Phi) is 3.55. The third-order valence-corrected chi connectivity index (χ3v) is 2.76. The molecule has 0 aliphatic heterocycles. The highest BCUT2D eigenvalue weighted by atomic mass is 32.2. The zero-order valence-electron chi connectivity index (χ0n) is 7.71. The van der Waals surface area contributed by atoms with Gasteiger partial charge in [0.25, 0.3) is 0 Å². The fourth-order valence-electron chi connectivity index (χ4n) is 0.832. The smallest absolute Gasteiger partial charge is 0.214 e. The number of aryl methyl sites for hydroxylation is 1. The molecule has 1 aromatic rings. The Labute approximate surface area is 81.8 Å². The summed E-state index contributed by atoms with van der Waals surface area (Å²) in [4.78, 5) is 3.84. The van der Waals surface area contributed by atoms with E-state index in [1.54, 1.807) is 7.05 Å². The van der Waals surface area contributed by atoms with Gasteiger partial charge >= 0.3 is 0 Å². The van der Waals surface area contributed by atoms with E-state index in [2.05, 4.69) is 14.8 Å². The molecule has 8 heteroatoms. The number of nitrogens with zero attached hydrogens (tertiary/aromatic N) is 3. The fraction of sp³-hybridized carbons (Fsp3) is 0.667. The van der Waals surface area contributed by atoms with Crippen LogP contribution in [0, 0.1) is 0 Å². The predicted molar refractivity (Wildman–Crippen MR) is 48.7 cm³/mol. The first-order valence-electron chi connectivity index (χ1n) is 3.96. The van der Waals surface area contributed by atoms with Crippen LogP contribution in [-0.2, 0) is 23.6 Å². The SMILES string of the molecule is Cn1cnc(CNS(=O)(=O)CCO)n1. The maximum Gasteiger partial charge on any atom is 0.214 e. The summed E-state index contributed by atoms with van der Waals surface area (Å²) in [5.41, 5.74) is 0. The van der Waals surface area contributed by atoms with E-state index >= 15 is 0 Å². The number of hydrogen-bond acceptors (Lipinski definition) is 5. The van der Waals surface area contributed by atoms with Gasteiger partial charge in [-0.05, 0) is 0 Å². The molecule has 0 fully saturated rings. The summed E-state index contributed by atoms with van der Waals surface area (Å²) in [7, 11) is -1.72. The van der Waals surface area contributed by atoms with Crippen molar-refractivity contribution >= 4 is 10.0 Å². The van der Waals surface area contributed by atoms with Gasteiger partial charge < -0.3 is 5.11 Å². The van der Waals surface area contributed by atoms with Crippen molar-refractivity contribution in [3.05, 3.63) is 12.2 Å². The molecule has 0 aliphatic rings. The van der Waals surface area contributed by atoms with Crippen molar-refractivity contribution in [2.24, 2.45) is 7.05 Å². The molecule has 7 nitrogen and oxygen atoms in total. The van der Waals surface area contributed by atoms with Crippen LogP contribution < -0.4 is 4.72 Å². The molecule has 0 aromatic carbocycles. The van der Waals surface area contributed by atoms with Crippen LogP contribution >= 0.6 is 0 Å². The van der Waals surface area contributed by atoms with Gasteiger partial charge in [-0.3, -0.25) is 4.68 Å². The van der Waals surface area contributed by atoms with Crippen LogP contribution in [0.15, 0.2) is 6.33 Å². The van der Waals surface area contributed by atoms with Crippen molar-refractivity contribution in [2.45, 2.75) is 6.54 Å². The van der Waals surface area contributed by atoms with Crippen LogP contribution in [0.4, 0.5) is 0 Å². The van der Waals surface area contributed by atoms with E-state index in [-0.39, 0.29) is 12.3 Å². The maximum atomic E-state index is 11.1. The number of sulfonamides is 1. The van der Waals surface area contributed by atoms with Gasteiger partial charge in [-0.1, -0.05) is 0 Å². The number of aliphatic hydroxyl groups is 1. The first-order valence-corrected chi connectivity index (χ1v) is 5.61. The predicted octanol–water partition coefficient (Wildman–Crippen LogP) is -1.77. The summed E-state index contributed by atoms with van der Waals surface area (Å²) in [6, 6.07) is 0. The second-order valence-electron chi connectivity index (χ2n) is 2.70. The lowest BCUT2D eigenvalue weighted by atomic mass is 10.6. The summed E-state index contributed by atoms with van der Waals surface area (Å²) in [6.07, 6.45) is 1.48. The van der Waals surface area contributed by atoms with Gasteiger partial charge in [0.2, 0.25) is 10.0 Å². The van der Waals surface area contributed by atoms with Crippen molar-refractivity contribution in [3.8, 4) is 0 Å². The number of aliphatic hydroxyl groups excluding tert-OH is 1. The molecule has 0 unspecified atom stereocenters. The van der Waals surface area contributed by atoms with Gasteiger partial charge in [0.05, 0.1) is 18.9 Å². The van der Waals surface area contributed by atoms with Crippen LogP contribution in [0.5, 0.6) is 0 Å². The molecular formula is C6H12N4O3S. The van der Waals surface area contributed by atoms with Gasteiger partial charge in [0.1, 0.15) is 6.33 Å². The van der Waals surface area contributed by atoms with E-state index in [0.29, 0.717) is 5.82 Å². The number of rotatable bonds is 5. The van der Waals surface area contributed by atoms with Gasteiger partial charge in [-0.15, -0.1) is 0 Å². The van der Waals surface area contributed by atoms with E-state index in [4.69, 9.17) is 5.11 Å². The van der Waals surface area contributed by atoms with Crippen LogP contribution in [0.2, 0.25) is 0 Å². The zero-order valence-corrected chi connectivity index (χ0v) is 8.53. The van der Waals surface area contributed by atoms with Crippen molar-refractivity contribution < 1.29 is 13.5 Å². The topological polar surface area (TPSA) is 97.1 Å². The molecule has 0 radical (unpaired) electrons. The quantitative estimate of drug-likeness (QED) is 0.612.